The lowest BCUT2D eigenvalue weighted by Gasteiger charge is -2.36. The fourth-order valence-corrected chi connectivity index (χ4v) is 4.75. The molecule has 6 heteroatoms. The van der Waals surface area contributed by atoms with Crippen LogP contribution in [0.15, 0.2) is 66.7 Å². The lowest BCUT2D eigenvalue weighted by atomic mass is 9.92. The van der Waals surface area contributed by atoms with Gasteiger partial charge < -0.3 is 24.7 Å². The molecule has 1 atom stereocenters. The first-order chi connectivity index (χ1) is 16.6. The Morgan fingerprint density at radius 2 is 1.91 bits per heavy atom. The molecule has 0 saturated heterocycles. The molecule has 4 aromatic rings. The van der Waals surface area contributed by atoms with Crippen molar-refractivity contribution in [2.45, 2.75) is 26.3 Å². The van der Waals surface area contributed by atoms with Gasteiger partial charge >= 0.3 is 6.03 Å². The van der Waals surface area contributed by atoms with Crippen molar-refractivity contribution in [3.05, 3.63) is 89.1 Å². The van der Waals surface area contributed by atoms with Gasteiger partial charge in [-0.3, -0.25) is 0 Å². The topological polar surface area (TPSA) is 66.6 Å². The third kappa shape index (κ3) is 3.96. The number of methoxy groups -OCH3 is 1. The van der Waals surface area contributed by atoms with Crippen molar-refractivity contribution >= 4 is 22.6 Å². The number of benzene rings is 3. The molecule has 5 rings (SSSR count). The second kappa shape index (κ2) is 9.14. The summed E-state index contributed by atoms with van der Waals surface area (Å²) in [7, 11) is 1.68. The largest absolute Gasteiger partial charge is 0.497 e. The van der Waals surface area contributed by atoms with E-state index in [1.807, 2.05) is 48.2 Å². The van der Waals surface area contributed by atoms with Gasteiger partial charge in [-0.1, -0.05) is 42.0 Å². The van der Waals surface area contributed by atoms with E-state index in [0.717, 1.165) is 34.3 Å². The number of urea groups is 1. The van der Waals surface area contributed by atoms with Crippen LogP contribution in [0.3, 0.4) is 0 Å². The number of nitrogens with zero attached hydrogens (tertiary/aromatic N) is 1. The van der Waals surface area contributed by atoms with Crippen LogP contribution in [0, 0.1) is 6.92 Å². The quantitative estimate of drug-likeness (QED) is 0.384. The molecule has 6 nitrogen and oxygen atoms in total. The van der Waals surface area contributed by atoms with Gasteiger partial charge in [0.05, 0.1) is 25.4 Å². The number of rotatable bonds is 5. The Hall–Kier alpha value is -3.93. The third-order valence-corrected chi connectivity index (χ3v) is 6.42. The minimum atomic E-state index is -0.234. The Bertz CT molecular complexity index is 1330. The summed E-state index contributed by atoms with van der Waals surface area (Å²) in [5.41, 5.74) is 6.25. The highest BCUT2D eigenvalue weighted by molar-refractivity contribution is 5.93. The van der Waals surface area contributed by atoms with E-state index >= 15 is 0 Å². The van der Waals surface area contributed by atoms with E-state index in [0.29, 0.717) is 24.6 Å². The number of carbonyl (C=O) groups excluding carboxylic acids is 1. The number of hydrogen-bond donors (Lipinski definition) is 2. The van der Waals surface area contributed by atoms with Crippen LogP contribution in [0.5, 0.6) is 11.5 Å². The van der Waals surface area contributed by atoms with Gasteiger partial charge in [-0.15, -0.1) is 0 Å². The maximum atomic E-state index is 13.6. The number of carbonyl (C=O) groups is 1. The van der Waals surface area contributed by atoms with E-state index in [-0.39, 0.29) is 12.1 Å². The monoisotopic (exact) mass is 455 g/mol. The molecule has 0 fully saturated rings. The Morgan fingerprint density at radius 1 is 1.12 bits per heavy atom. The van der Waals surface area contributed by atoms with Gasteiger partial charge in [-0.25, -0.2) is 4.79 Å². The molecule has 0 bridgehead atoms. The first-order valence-electron chi connectivity index (χ1n) is 11.6. The molecule has 1 aromatic heterocycles. The predicted molar refractivity (Wildman–Crippen MR) is 135 cm³/mol. The molecule has 0 radical (unpaired) electrons. The summed E-state index contributed by atoms with van der Waals surface area (Å²) < 4.78 is 11.2. The van der Waals surface area contributed by atoms with Crippen LogP contribution in [-0.2, 0) is 6.42 Å². The Labute approximate surface area is 199 Å². The summed E-state index contributed by atoms with van der Waals surface area (Å²) in [4.78, 5) is 19.1. The van der Waals surface area contributed by atoms with Gasteiger partial charge in [-0.05, 0) is 61.7 Å². The molecule has 34 heavy (non-hydrogen) atoms. The molecule has 1 aliphatic heterocycles. The zero-order valence-electron chi connectivity index (χ0n) is 19.7. The number of nitrogens with one attached hydrogen (secondary N) is 2. The molecule has 174 valence electrons. The van der Waals surface area contributed by atoms with Crippen molar-refractivity contribution in [3.8, 4) is 11.5 Å². The van der Waals surface area contributed by atoms with Crippen LogP contribution >= 0.6 is 0 Å². The summed E-state index contributed by atoms with van der Waals surface area (Å²) in [6.07, 6.45) is 0.755. The smallest absolute Gasteiger partial charge is 0.322 e. The van der Waals surface area contributed by atoms with Crippen LogP contribution < -0.4 is 14.8 Å². The van der Waals surface area contributed by atoms with E-state index in [2.05, 4.69) is 47.6 Å². The van der Waals surface area contributed by atoms with Crippen LogP contribution in [0.1, 0.15) is 35.3 Å². The number of hydrogen-bond acceptors (Lipinski definition) is 3. The van der Waals surface area contributed by atoms with Crippen LogP contribution in [-0.4, -0.2) is 36.2 Å². The third-order valence-electron chi connectivity index (χ3n) is 6.42. The van der Waals surface area contributed by atoms with E-state index in [9.17, 15) is 4.79 Å². The molecular formula is C28H29N3O3. The first-order valence-corrected chi connectivity index (χ1v) is 11.6. The van der Waals surface area contributed by atoms with Gasteiger partial charge in [-0.2, -0.15) is 0 Å². The SMILES string of the molecule is CCOc1ccccc1NC(=O)N1CCc2c([nH]c3ccc(OC)cc23)C1c1ccc(C)cc1. The highest BCUT2D eigenvalue weighted by Crippen LogP contribution is 2.40. The number of fused-ring (bicyclic) bond motifs is 3. The summed E-state index contributed by atoms with van der Waals surface area (Å²) in [5, 5.41) is 4.23. The van der Waals surface area contributed by atoms with Gasteiger partial charge in [0.2, 0.25) is 0 Å². The number of aromatic nitrogens is 1. The summed E-state index contributed by atoms with van der Waals surface area (Å²) >= 11 is 0. The van der Waals surface area contributed by atoms with E-state index in [1.165, 1.54) is 11.1 Å². The molecule has 2 heterocycles. The van der Waals surface area contributed by atoms with Gasteiger partial charge in [0.25, 0.3) is 0 Å². The first kappa shape index (κ1) is 21.9. The van der Waals surface area contributed by atoms with Crippen molar-refractivity contribution in [1.29, 1.82) is 0 Å². The highest BCUT2D eigenvalue weighted by Gasteiger charge is 2.35. The van der Waals surface area contributed by atoms with E-state index in [4.69, 9.17) is 9.47 Å². The maximum absolute atomic E-state index is 13.6. The normalized spacial score (nSPS) is 15.1. The second-order valence-corrected chi connectivity index (χ2v) is 8.54. The number of aromatic amines is 1. The number of para-hydroxylation sites is 2. The van der Waals surface area contributed by atoms with Crippen molar-refractivity contribution in [3.63, 3.8) is 0 Å². The molecule has 3 aromatic carbocycles. The van der Waals surface area contributed by atoms with Crippen LogP contribution in [0.2, 0.25) is 0 Å². The average molecular weight is 456 g/mol. The molecule has 0 aliphatic carbocycles. The lowest BCUT2D eigenvalue weighted by molar-refractivity contribution is 0.193. The Kier molecular flexibility index (Phi) is 5.88. The molecule has 1 unspecified atom stereocenters. The maximum Gasteiger partial charge on any atom is 0.322 e. The average Bonchev–Trinajstić information content (AvgIpc) is 3.23. The van der Waals surface area contributed by atoms with E-state index < -0.39 is 0 Å². The van der Waals surface area contributed by atoms with Gasteiger partial charge in [0.1, 0.15) is 11.5 Å². The second-order valence-electron chi connectivity index (χ2n) is 8.54. The standard InChI is InChI=1S/C28H29N3O3/c1-4-34-25-8-6-5-7-24(25)30-28(32)31-16-15-21-22-17-20(33-3)13-14-23(22)29-26(21)27(31)19-11-9-18(2)10-12-19/h5-14,17,27,29H,4,15-16H2,1-3H3,(H,30,32). The minimum Gasteiger partial charge on any atom is -0.497 e. The molecule has 2 N–H and O–H groups in total. The summed E-state index contributed by atoms with van der Waals surface area (Å²) in [6.45, 7) is 5.13. The summed E-state index contributed by atoms with van der Waals surface area (Å²) in [6, 6.07) is 21.6. The van der Waals surface area contributed by atoms with Crippen molar-refractivity contribution in [2.24, 2.45) is 0 Å². The van der Waals surface area contributed by atoms with Crippen molar-refractivity contribution in [1.82, 2.24) is 9.88 Å². The lowest BCUT2D eigenvalue weighted by Crippen LogP contribution is -2.43. The number of anilines is 1. The minimum absolute atomic E-state index is 0.153. The van der Waals surface area contributed by atoms with Crippen molar-refractivity contribution < 1.29 is 14.3 Å². The number of aryl methyl sites for hydroxylation is 1. The van der Waals surface area contributed by atoms with Crippen molar-refractivity contribution in [2.75, 3.05) is 25.6 Å². The summed E-state index contributed by atoms with van der Waals surface area (Å²) in [5.74, 6) is 1.49. The van der Waals surface area contributed by atoms with Gasteiger partial charge in [0.15, 0.2) is 0 Å². The molecule has 1 aliphatic rings. The zero-order chi connectivity index (χ0) is 23.7. The van der Waals surface area contributed by atoms with Crippen LogP contribution in [0.25, 0.3) is 10.9 Å². The zero-order valence-corrected chi connectivity index (χ0v) is 19.7. The van der Waals surface area contributed by atoms with Crippen LogP contribution in [0.4, 0.5) is 10.5 Å². The number of amides is 2. The van der Waals surface area contributed by atoms with Gasteiger partial charge in [0, 0.05) is 23.1 Å². The molecule has 0 saturated carbocycles. The molecule has 0 spiro atoms. The fraction of sp³-hybridized carbons (Fsp3) is 0.250. The van der Waals surface area contributed by atoms with E-state index in [1.54, 1.807) is 7.11 Å². The number of H-pyrrole nitrogens is 1. The molecular weight excluding hydrogens is 426 g/mol. The predicted octanol–water partition coefficient (Wildman–Crippen LogP) is 6.06. The fourth-order valence-electron chi connectivity index (χ4n) is 4.75. The Balaban J connectivity index is 1.56. The number of ether oxygens (including phenoxy) is 2. The highest BCUT2D eigenvalue weighted by atomic mass is 16.5. The Morgan fingerprint density at radius 3 is 2.68 bits per heavy atom. The molecule has 2 amide bonds.